The highest BCUT2D eigenvalue weighted by Gasteiger charge is 2.50. The largest absolute Gasteiger partial charge is 0.493 e. The summed E-state index contributed by atoms with van der Waals surface area (Å²) in [5, 5.41) is 0. The van der Waals surface area contributed by atoms with Gasteiger partial charge in [0, 0.05) is 26.2 Å². The molecule has 4 aliphatic carbocycles. The Balaban J connectivity index is 1.20. The van der Waals surface area contributed by atoms with Crippen LogP contribution in [0.25, 0.3) is 0 Å². The molecule has 1 aromatic rings. The van der Waals surface area contributed by atoms with Crippen molar-refractivity contribution in [2.24, 2.45) is 23.2 Å². The number of carbonyl (C=O) groups excluding carboxylic acids is 1. The van der Waals surface area contributed by atoms with Crippen molar-refractivity contribution in [3.63, 3.8) is 0 Å². The molecule has 6 rings (SSSR count). The van der Waals surface area contributed by atoms with Crippen molar-refractivity contribution in [2.45, 2.75) is 51.0 Å². The number of hydrogen-bond donors (Lipinski definition) is 0. The van der Waals surface area contributed by atoms with E-state index < -0.39 is 5.97 Å². The molecule has 5 fully saturated rings. The first-order chi connectivity index (χ1) is 18.0. The minimum atomic E-state index is -0.429. The summed E-state index contributed by atoms with van der Waals surface area (Å²) in [7, 11) is 4.61. The molecule has 8 heteroatoms. The lowest BCUT2D eigenvalue weighted by Crippen LogP contribution is -2.46. The van der Waals surface area contributed by atoms with E-state index in [1.165, 1.54) is 59.9 Å². The van der Waals surface area contributed by atoms with Crippen molar-refractivity contribution >= 4 is 5.97 Å². The van der Waals surface area contributed by atoms with Crippen LogP contribution in [0.1, 0.15) is 55.3 Å². The van der Waals surface area contributed by atoms with Gasteiger partial charge in [-0.2, -0.15) is 0 Å². The van der Waals surface area contributed by atoms with E-state index in [9.17, 15) is 4.79 Å². The summed E-state index contributed by atoms with van der Waals surface area (Å²) in [5.74, 6) is 3.69. The quantitative estimate of drug-likeness (QED) is 0.302. The number of esters is 1. The van der Waals surface area contributed by atoms with Gasteiger partial charge in [0.25, 0.3) is 0 Å². The summed E-state index contributed by atoms with van der Waals surface area (Å²) in [6.45, 7) is 4.78. The van der Waals surface area contributed by atoms with Crippen LogP contribution in [0.5, 0.6) is 17.2 Å². The van der Waals surface area contributed by atoms with E-state index in [4.69, 9.17) is 28.4 Å². The Morgan fingerprint density at radius 1 is 0.973 bits per heavy atom. The third-order valence-electron chi connectivity index (χ3n) is 8.99. The minimum Gasteiger partial charge on any atom is -0.493 e. The van der Waals surface area contributed by atoms with Crippen LogP contribution in [0.15, 0.2) is 12.1 Å². The third-order valence-corrected chi connectivity index (χ3v) is 8.99. The van der Waals surface area contributed by atoms with Gasteiger partial charge in [-0.3, -0.25) is 4.90 Å². The normalized spacial score (nSPS) is 29.6. The zero-order valence-electron chi connectivity index (χ0n) is 22.7. The number of hydrogen-bond acceptors (Lipinski definition) is 8. The van der Waals surface area contributed by atoms with Crippen molar-refractivity contribution in [3.05, 3.63) is 17.7 Å². The molecule has 1 saturated heterocycles. The maximum absolute atomic E-state index is 13.2. The summed E-state index contributed by atoms with van der Waals surface area (Å²) < 4.78 is 34.0. The first kappa shape index (κ1) is 26.6. The molecule has 0 radical (unpaired) electrons. The average molecular weight is 518 g/mol. The van der Waals surface area contributed by atoms with Gasteiger partial charge >= 0.3 is 5.97 Å². The number of rotatable bonds is 12. The van der Waals surface area contributed by atoms with Crippen LogP contribution in [0.2, 0.25) is 0 Å². The van der Waals surface area contributed by atoms with Crippen LogP contribution < -0.4 is 14.2 Å². The lowest BCUT2D eigenvalue weighted by molar-refractivity contribution is -0.0768. The molecule has 37 heavy (non-hydrogen) atoms. The second-order valence-electron chi connectivity index (χ2n) is 11.6. The number of benzene rings is 1. The van der Waals surface area contributed by atoms with Crippen LogP contribution in [0.4, 0.5) is 0 Å². The molecule has 1 aliphatic heterocycles. The molecule has 4 bridgehead atoms. The van der Waals surface area contributed by atoms with Crippen LogP contribution in [-0.4, -0.2) is 84.4 Å². The predicted molar refractivity (Wildman–Crippen MR) is 139 cm³/mol. The van der Waals surface area contributed by atoms with Crippen molar-refractivity contribution in [1.29, 1.82) is 0 Å². The van der Waals surface area contributed by atoms with Gasteiger partial charge in [-0.1, -0.05) is 0 Å². The van der Waals surface area contributed by atoms with Gasteiger partial charge < -0.3 is 28.4 Å². The molecule has 1 atom stereocenters. The van der Waals surface area contributed by atoms with E-state index in [1.54, 1.807) is 12.1 Å². The molecule has 1 heterocycles. The second kappa shape index (κ2) is 11.8. The lowest BCUT2D eigenvalue weighted by atomic mass is 9.49. The zero-order chi connectivity index (χ0) is 25.8. The van der Waals surface area contributed by atoms with E-state index in [1.807, 2.05) is 0 Å². The number of carbonyl (C=O) groups is 1. The van der Waals surface area contributed by atoms with E-state index in [0.29, 0.717) is 54.6 Å². The van der Waals surface area contributed by atoms with Gasteiger partial charge in [-0.25, -0.2) is 4.79 Å². The first-order valence-electron chi connectivity index (χ1n) is 13.9. The topological polar surface area (TPSA) is 75.7 Å². The molecule has 1 aromatic carbocycles. The molecule has 0 aromatic heterocycles. The van der Waals surface area contributed by atoms with E-state index >= 15 is 0 Å². The summed E-state index contributed by atoms with van der Waals surface area (Å²) in [6, 6.07) is 3.26. The van der Waals surface area contributed by atoms with Crippen LogP contribution in [-0.2, 0) is 14.2 Å². The third kappa shape index (κ3) is 6.18. The second-order valence-corrected chi connectivity index (χ2v) is 11.6. The molecule has 0 spiro atoms. The highest BCUT2D eigenvalue weighted by molar-refractivity contribution is 5.91. The van der Waals surface area contributed by atoms with Crippen LogP contribution in [0.3, 0.4) is 0 Å². The number of morpholine rings is 1. The molecule has 0 N–H and O–H groups in total. The van der Waals surface area contributed by atoms with Crippen LogP contribution in [0, 0.1) is 23.2 Å². The fraction of sp³-hybridized carbons (Fsp3) is 0.759. The molecule has 8 nitrogen and oxygen atoms in total. The maximum Gasteiger partial charge on any atom is 0.338 e. The minimum absolute atomic E-state index is 0.357. The number of nitrogens with zero attached hydrogens (tertiary/aromatic N) is 1. The van der Waals surface area contributed by atoms with E-state index in [2.05, 4.69) is 4.90 Å². The Kier molecular flexibility index (Phi) is 8.47. The van der Waals surface area contributed by atoms with E-state index in [0.717, 1.165) is 43.9 Å². The molecule has 1 unspecified atom stereocenters. The number of ether oxygens (including phenoxy) is 6. The fourth-order valence-corrected chi connectivity index (χ4v) is 7.71. The zero-order valence-corrected chi connectivity index (χ0v) is 22.7. The highest BCUT2D eigenvalue weighted by Crippen LogP contribution is 2.61. The number of methoxy groups -OCH3 is 3. The first-order valence-corrected chi connectivity index (χ1v) is 13.9. The average Bonchev–Trinajstić information content (AvgIpc) is 2.89. The Labute approximate surface area is 220 Å². The van der Waals surface area contributed by atoms with Crippen molar-refractivity contribution in [3.8, 4) is 17.2 Å². The molecular formula is C29H43NO7. The summed E-state index contributed by atoms with van der Waals surface area (Å²) in [6.07, 6.45) is 9.28. The molecular weight excluding hydrogens is 474 g/mol. The van der Waals surface area contributed by atoms with Crippen LogP contribution >= 0.6 is 0 Å². The van der Waals surface area contributed by atoms with Gasteiger partial charge in [-0.15, -0.1) is 0 Å². The maximum atomic E-state index is 13.2. The molecule has 5 aliphatic rings. The highest BCUT2D eigenvalue weighted by atomic mass is 16.6. The van der Waals surface area contributed by atoms with Gasteiger partial charge in [0.15, 0.2) is 11.5 Å². The van der Waals surface area contributed by atoms with Gasteiger partial charge in [0.05, 0.1) is 46.7 Å². The Morgan fingerprint density at radius 2 is 1.57 bits per heavy atom. The van der Waals surface area contributed by atoms with Crippen molar-refractivity contribution in [2.75, 3.05) is 67.4 Å². The molecule has 4 saturated carbocycles. The Bertz CT molecular complexity index is 869. The van der Waals surface area contributed by atoms with Crippen molar-refractivity contribution < 1.29 is 33.2 Å². The summed E-state index contributed by atoms with van der Waals surface area (Å²) >= 11 is 0. The lowest BCUT2D eigenvalue weighted by Gasteiger charge is -2.57. The summed E-state index contributed by atoms with van der Waals surface area (Å²) in [4.78, 5) is 15.5. The Hall–Kier alpha value is -2.03. The standard InChI is InChI=1S/C29H43NO7/c1-32-25-13-23(14-26(33-2)27(25)34-3)28(31)37-24(18-30-5-8-35-9-6-30)19-36-7-4-29-15-20-10-21(16-29)12-22(11-20)17-29/h13-14,20-22,24H,4-12,15-19H2,1-3H3. The van der Waals surface area contributed by atoms with Crippen molar-refractivity contribution in [1.82, 2.24) is 4.90 Å². The molecule has 206 valence electrons. The molecule has 0 amide bonds. The summed E-state index contributed by atoms with van der Waals surface area (Å²) in [5.41, 5.74) is 0.844. The van der Waals surface area contributed by atoms with Gasteiger partial charge in [-0.05, 0) is 80.2 Å². The van der Waals surface area contributed by atoms with E-state index in [-0.39, 0.29) is 6.10 Å². The Morgan fingerprint density at radius 3 is 2.11 bits per heavy atom. The van der Waals surface area contributed by atoms with Gasteiger partial charge in [0.1, 0.15) is 6.10 Å². The smallest absolute Gasteiger partial charge is 0.338 e. The SMILES string of the molecule is COc1cc(C(=O)OC(COCCC23CC4CC(CC(C4)C2)C3)CN2CCOCC2)cc(OC)c1OC. The van der Waals surface area contributed by atoms with Gasteiger partial charge in [0.2, 0.25) is 5.75 Å². The monoisotopic (exact) mass is 517 g/mol. The fourth-order valence-electron chi connectivity index (χ4n) is 7.71. The predicted octanol–water partition coefficient (Wildman–Crippen LogP) is 4.19.